The lowest BCUT2D eigenvalue weighted by Crippen LogP contribution is -2.59. The number of nitrogens with zero attached hydrogens (tertiary/aromatic N) is 1. The summed E-state index contributed by atoms with van der Waals surface area (Å²) in [5.74, 6) is -1.01. The van der Waals surface area contributed by atoms with Gasteiger partial charge in [-0.3, -0.25) is 19.2 Å². The Morgan fingerprint density at radius 3 is 2.31 bits per heavy atom. The molecule has 0 aromatic heterocycles. The standard InChI is InChI=1S/C27H33N3O5/c1-27(2,3)24(29-25(34)22-10-7-15-30(22)17-31)26(35)28-21(16-18-11-13-20(32)14-12-18)23(33)19-8-5-4-6-9-19/h4-6,8-9,11-14,17,21-22,24,32H,7,10,15-16H2,1-3H3,(H,28,35)(H,29,34). The molecular formula is C27H33N3O5. The van der Waals surface area contributed by atoms with Gasteiger partial charge in [0, 0.05) is 18.5 Å². The number of Topliss-reactive ketones (excluding diaryl/α,β-unsaturated/α-hetero) is 1. The van der Waals surface area contributed by atoms with E-state index >= 15 is 0 Å². The van der Waals surface area contributed by atoms with E-state index in [1.54, 1.807) is 42.5 Å². The molecule has 2 aromatic carbocycles. The molecule has 0 radical (unpaired) electrons. The van der Waals surface area contributed by atoms with E-state index in [1.807, 2.05) is 20.8 Å². The topological polar surface area (TPSA) is 116 Å². The van der Waals surface area contributed by atoms with Crippen molar-refractivity contribution in [2.24, 2.45) is 5.41 Å². The van der Waals surface area contributed by atoms with Crippen molar-refractivity contribution in [2.75, 3.05) is 6.54 Å². The molecule has 3 amide bonds. The Kier molecular flexibility index (Phi) is 8.27. The summed E-state index contributed by atoms with van der Waals surface area (Å²) in [6.45, 7) is 6.00. The number of phenolic OH excluding ortho intramolecular Hbond substituents is 1. The van der Waals surface area contributed by atoms with Crippen LogP contribution < -0.4 is 10.6 Å². The number of nitrogens with one attached hydrogen (secondary N) is 2. The first-order valence-electron chi connectivity index (χ1n) is 11.8. The average Bonchev–Trinajstić information content (AvgIpc) is 3.32. The van der Waals surface area contributed by atoms with Crippen LogP contribution in [-0.4, -0.2) is 58.7 Å². The molecule has 1 aliphatic heterocycles. The molecule has 35 heavy (non-hydrogen) atoms. The van der Waals surface area contributed by atoms with Gasteiger partial charge in [-0.25, -0.2) is 0 Å². The van der Waals surface area contributed by atoms with E-state index in [1.165, 1.54) is 17.0 Å². The number of carbonyl (C=O) groups is 4. The lowest BCUT2D eigenvalue weighted by molar-refractivity contribution is -0.136. The van der Waals surface area contributed by atoms with Crippen molar-refractivity contribution in [2.45, 2.75) is 58.2 Å². The van der Waals surface area contributed by atoms with E-state index < -0.39 is 29.4 Å². The highest BCUT2D eigenvalue weighted by Gasteiger charge is 2.38. The number of phenols is 1. The summed E-state index contributed by atoms with van der Waals surface area (Å²) >= 11 is 0. The van der Waals surface area contributed by atoms with Gasteiger partial charge in [-0.15, -0.1) is 0 Å². The van der Waals surface area contributed by atoms with Crippen molar-refractivity contribution in [1.29, 1.82) is 0 Å². The molecule has 3 unspecified atom stereocenters. The zero-order chi connectivity index (χ0) is 25.6. The highest BCUT2D eigenvalue weighted by molar-refractivity contribution is 6.03. The first kappa shape index (κ1) is 25.9. The molecule has 3 atom stereocenters. The third-order valence-corrected chi connectivity index (χ3v) is 6.21. The quantitative estimate of drug-likeness (QED) is 0.377. The molecule has 186 valence electrons. The Labute approximate surface area is 205 Å². The van der Waals surface area contributed by atoms with Crippen LogP contribution >= 0.6 is 0 Å². The smallest absolute Gasteiger partial charge is 0.243 e. The summed E-state index contributed by atoms with van der Waals surface area (Å²) in [6, 6.07) is 12.7. The predicted molar refractivity (Wildman–Crippen MR) is 132 cm³/mol. The maximum Gasteiger partial charge on any atom is 0.243 e. The van der Waals surface area contributed by atoms with Crippen molar-refractivity contribution in [1.82, 2.24) is 15.5 Å². The number of likely N-dealkylation sites (tertiary alicyclic amines) is 1. The lowest BCUT2D eigenvalue weighted by Gasteiger charge is -2.33. The number of aromatic hydroxyl groups is 1. The molecule has 0 aliphatic carbocycles. The molecule has 0 bridgehead atoms. The number of hydrogen-bond acceptors (Lipinski definition) is 5. The molecule has 2 aromatic rings. The van der Waals surface area contributed by atoms with Crippen LogP contribution in [0.3, 0.4) is 0 Å². The summed E-state index contributed by atoms with van der Waals surface area (Å²) in [5, 5.41) is 15.3. The first-order valence-corrected chi connectivity index (χ1v) is 11.8. The molecule has 1 fully saturated rings. The lowest BCUT2D eigenvalue weighted by atomic mass is 9.85. The minimum atomic E-state index is -0.921. The molecule has 3 rings (SSSR count). The average molecular weight is 480 g/mol. The Balaban J connectivity index is 1.83. The molecule has 8 nitrogen and oxygen atoms in total. The van der Waals surface area contributed by atoms with Crippen molar-refractivity contribution in [3.05, 3.63) is 65.7 Å². The number of hydrogen-bond donors (Lipinski definition) is 3. The van der Waals surface area contributed by atoms with Crippen LogP contribution in [0.25, 0.3) is 0 Å². The van der Waals surface area contributed by atoms with E-state index in [9.17, 15) is 24.3 Å². The number of carbonyl (C=O) groups excluding carboxylic acids is 4. The second-order valence-corrected chi connectivity index (χ2v) is 9.97. The van der Waals surface area contributed by atoms with Crippen molar-refractivity contribution in [3.63, 3.8) is 0 Å². The predicted octanol–water partition coefficient (Wildman–Crippen LogP) is 2.45. The fraction of sp³-hybridized carbons (Fsp3) is 0.407. The van der Waals surface area contributed by atoms with E-state index in [4.69, 9.17) is 0 Å². The summed E-state index contributed by atoms with van der Waals surface area (Å²) < 4.78 is 0. The zero-order valence-corrected chi connectivity index (χ0v) is 20.4. The van der Waals surface area contributed by atoms with E-state index in [0.717, 1.165) is 12.0 Å². The van der Waals surface area contributed by atoms with Crippen LogP contribution in [-0.2, 0) is 20.8 Å². The number of amides is 3. The molecule has 1 saturated heterocycles. The largest absolute Gasteiger partial charge is 0.508 e. The highest BCUT2D eigenvalue weighted by Crippen LogP contribution is 2.22. The fourth-order valence-electron chi connectivity index (χ4n) is 4.25. The van der Waals surface area contributed by atoms with Gasteiger partial charge in [-0.2, -0.15) is 0 Å². The second kappa shape index (κ2) is 11.2. The summed E-state index contributed by atoms with van der Waals surface area (Å²) in [4.78, 5) is 52.5. The summed E-state index contributed by atoms with van der Waals surface area (Å²) in [5.41, 5.74) is 0.574. The van der Waals surface area contributed by atoms with Crippen LogP contribution in [0.1, 0.15) is 49.5 Å². The maximum atomic E-state index is 13.5. The normalized spacial score (nSPS) is 17.3. The molecular weight excluding hydrogens is 446 g/mol. The highest BCUT2D eigenvalue weighted by atomic mass is 16.3. The molecule has 3 N–H and O–H groups in total. The van der Waals surface area contributed by atoms with Gasteiger partial charge in [-0.05, 0) is 36.0 Å². The Morgan fingerprint density at radius 2 is 1.71 bits per heavy atom. The molecule has 8 heteroatoms. The summed E-state index contributed by atoms with van der Waals surface area (Å²) in [7, 11) is 0. The van der Waals surface area contributed by atoms with Gasteiger partial charge in [-0.1, -0.05) is 63.2 Å². The minimum Gasteiger partial charge on any atom is -0.508 e. The van der Waals surface area contributed by atoms with E-state index in [-0.39, 0.29) is 23.9 Å². The third-order valence-electron chi connectivity index (χ3n) is 6.21. The fourth-order valence-corrected chi connectivity index (χ4v) is 4.25. The van der Waals surface area contributed by atoms with Gasteiger partial charge in [0.05, 0.1) is 6.04 Å². The Bertz CT molecular complexity index is 1050. The number of rotatable bonds is 9. The van der Waals surface area contributed by atoms with Gasteiger partial charge in [0.2, 0.25) is 18.2 Å². The van der Waals surface area contributed by atoms with Crippen molar-refractivity contribution in [3.8, 4) is 5.75 Å². The SMILES string of the molecule is CC(C)(C)C(NC(=O)C1CCCN1C=O)C(=O)NC(Cc1ccc(O)cc1)C(=O)c1ccccc1. The van der Waals surface area contributed by atoms with E-state index in [2.05, 4.69) is 10.6 Å². The first-order chi connectivity index (χ1) is 16.6. The van der Waals surface area contributed by atoms with Gasteiger partial charge in [0.1, 0.15) is 17.8 Å². The number of ketones is 1. The van der Waals surface area contributed by atoms with Crippen molar-refractivity contribution < 1.29 is 24.3 Å². The third kappa shape index (κ3) is 6.68. The van der Waals surface area contributed by atoms with Crippen LogP contribution in [0, 0.1) is 5.41 Å². The van der Waals surface area contributed by atoms with Crippen LogP contribution in [0.5, 0.6) is 5.75 Å². The second-order valence-electron chi connectivity index (χ2n) is 9.97. The van der Waals surface area contributed by atoms with Gasteiger partial charge >= 0.3 is 0 Å². The van der Waals surface area contributed by atoms with Gasteiger partial charge in [0.15, 0.2) is 5.78 Å². The number of benzene rings is 2. The molecule has 0 saturated carbocycles. The van der Waals surface area contributed by atoms with Crippen LogP contribution in [0.15, 0.2) is 54.6 Å². The van der Waals surface area contributed by atoms with Crippen LogP contribution in [0.2, 0.25) is 0 Å². The maximum absolute atomic E-state index is 13.5. The Morgan fingerprint density at radius 1 is 1.06 bits per heavy atom. The molecule has 0 spiro atoms. The molecule has 1 heterocycles. The zero-order valence-electron chi connectivity index (χ0n) is 20.4. The summed E-state index contributed by atoms with van der Waals surface area (Å²) in [6.07, 6.45) is 2.14. The van der Waals surface area contributed by atoms with E-state index in [0.29, 0.717) is 24.9 Å². The molecule has 1 aliphatic rings. The van der Waals surface area contributed by atoms with Crippen molar-refractivity contribution >= 4 is 24.0 Å². The van der Waals surface area contributed by atoms with Gasteiger partial charge in [0.25, 0.3) is 0 Å². The van der Waals surface area contributed by atoms with Gasteiger partial charge < -0.3 is 20.6 Å². The van der Waals surface area contributed by atoms with Crippen LogP contribution in [0.4, 0.5) is 0 Å². The minimum absolute atomic E-state index is 0.107. The Hall–Kier alpha value is -3.68. The monoisotopic (exact) mass is 479 g/mol.